The fraction of sp³-hybridized carbons (Fsp3) is 0.786. The number of piperidine rings is 1. The molecular formula is C14H24N2OS. The molecule has 1 saturated heterocycles. The Kier molecular flexibility index (Phi) is 5.60. The average Bonchev–Trinajstić information content (AvgIpc) is 2.77. The molecule has 1 aliphatic heterocycles. The Bertz CT molecular complexity index is 353. The van der Waals surface area contributed by atoms with Gasteiger partial charge in [0.15, 0.2) is 0 Å². The molecule has 18 heavy (non-hydrogen) atoms. The third-order valence-electron chi connectivity index (χ3n) is 3.67. The topological polar surface area (TPSA) is 25.4 Å². The van der Waals surface area contributed by atoms with Gasteiger partial charge in [-0.2, -0.15) is 0 Å². The van der Waals surface area contributed by atoms with Gasteiger partial charge in [0.05, 0.1) is 10.7 Å². The second-order valence-corrected chi connectivity index (χ2v) is 6.18. The summed E-state index contributed by atoms with van der Waals surface area (Å²) in [4.78, 5) is 7.21. The number of hydrogen-bond donors (Lipinski definition) is 0. The maximum Gasteiger partial charge on any atom is 0.0897 e. The monoisotopic (exact) mass is 268 g/mol. The second kappa shape index (κ2) is 7.22. The van der Waals surface area contributed by atoms with Crippen LogP contribution in [0.4, 0.5) is 0 Å². The molecule has 0 aliphatic carbocycles. The fourth-order valence-electron chi connectivity index (χ4n) is 2.75. The van der Waals surface area contributed by atoms with Gasteiger partial charge in [-0.25, -0.2) is 4.98 Å². The van der Waals surface area contributed by atoms with Crippen LogP contribution in [0.3, 0.4) is 0 Å². The maximum atomic E-state index is 5.16. The summed E-state index contributed by atoms with van der Waals surface area (Å²) >= 11 is 1.76. The van der Waals surface area contributed by atoms with Crippen LogP contribution >= 0.6 is 11.3 Å². The summed E-state index contributed by atoms with van der Waals surface area (Å²) in [6.45, 7) is 5.23. The van der Waals surface area contributed by atoms with Crippen molar-refractivity contribution in [2.24, 2.45) is 0 Å². The standard InChI is InChI=1S/C14H24N2OS/c1-12-15-13(11-18-12)10-16-8-4-3-6-14(16)7-5-9-17-2/h11,14H,3-10H2,1-2H3/t14-/m1/s1. The SMILES string of the molecule is COCCC[C@H]1CCCCN1Cc1csc(C)n1. The van der Waals surface area contributed by atoms with Crippen molar-refractivity contribution >= 4 is 11.3 Å². The Labute approximate surface area is 114 Å². The van der Waals surface area contributed by atoms with Crippen LogP contribution in [0, 0.1) is 6.92 Å². The molecule has 4 heteroatoms. The summed E-state index contributed by atoms with van der Waals surface area (Å²) in [5.74, 6) is 0. The molecular weight excluding hydrogens is 244 g/mol. The molecule has 1 aliphatic rings. The van der Waals surface area contributed by atoms with Gasteiger partial charge in [0, 0.05) is 31.7 Å². The zero-order valence-corrected chi connectivity index (χ0v) is 12.3. The van der Waals surface area contributed by atoms with Gasteiger partial charge >= 0.3 is 0 Å². The van der Waals surface area contributed by atoms with Gasteiger partial charge in [-0.05, 0) is 39.2 Å². The molecule has 0 N–H and O–H groups in total. The van der Waals surface area contributed by atoms with E-state index in [4.69, 9.17) is 4.74 Å². The largest absolute Gasteiger partial charge is 0.385 e. The number of rotatable bonds is 6. The van der Waals surface area contributed by atoms with Crippen molar-refractivity contribution in [3.63, 3.8) is 0 Å². The van der Waals surface area contributed by atoms with Gasteiger partial charge in [0.2, 0.25) is 0 Å². The van der Waals surface area contributed by atoms with Crippen molar-refractivity contribution < 1.29 is 4.74 Å². The number of aryl methyl sites for hydroxylation is 1. The zero-order valence-electron chi connectivity index (χ0n) is 11.5. The van der Waals surface area contributed by atoms with Gasteiger partial charge in [-0.15, -0.1) is 11.3 Å². The Hall–Kier alpha value is -0.450. The molecule has 0 unspecified atom stereocenters. The zero-order chi connectivity index (χ0) is 12.8. The third kappa shape index (κ3) is 4.04. The van der Waals surface area contributed by atoms with Crippen LogP contribution in [-0.4, -0.2) is 36.2 Å². The molecule has 0 radical (unpaired) electrons. The van der Waals surface area contributed by atoms with Crippen LogP contribution in [-0.2, 0) is 11.3 Å². The molecule has 0 amide bonds. The normalized spacial score (nSPS) is 21.3. The van der Waals surface area contributed by atoms with Crippen LogP contribution in [0.15, 0.2) is 5.38 Å². The van der Waals surface area contributed by atoms with Crippen molar-refractivity contribution in [1.29, 1.82) is 0 Å². The van der Waals surface area contributed by atoms with Gasteiger partial charge < -0.3 is 4.74 Å². The first-order valence-electron chi connectivity index (χ1n) is 6.93. The number of hydrogen-bond acceptors (Lipinski definition) is 4. The van der Waals surface area contributed by atoms with E-state index >= 15 is 0 Å². The highest BCUT2D eigenvalue weighted by Gasteiger charge is 2.22. The van der Waals surface area contributed by atoms with Crippen LogP contribution < -0.4 is 0 Å². The van der Waals surface area contributed by atoms with E-state index in [-0.39, 0.29) is 0 Å². The molecule has 1 aromatic rings. The lowest BCUT2D eigenvalue weighted by molar-refractivity contribution is 0.115. The number of thiazole rings is 1. The number of likely N-dealkylation sites (tertiary alicyclic amines) is 1. The van der Waals surface area contributed by atoms with Crippen molar-refractivity contribution in [3.8, 4) is 0 Å². The molecule has 0 bridgehead atoms. The van der Waals surface area contributed by atoms with Crippen molar-refractivity contribution in [2.45, 2.75) is 51.6 Å². The summed E-state index contributed by atoms with van der Waals surface area (Å²) < 4.78 is 5.16. The van der Waals surface area contributed by atoms with E-state index in [9.17, 15) is 0 Å². The van der Waals surface area contributed by atoms with E-state index in [0.29, 0.717) is 0 Å². The quantitative estimate of drug-likeness (QED) is 0.741. The van der Waals surface area contributed by atoms with E-state index in [0.717, 1.165) is 19.2 Å². The van der Waals surface area contributed by atoms with Crippen LogP contribution in [0.25, 0.3) is 0 Å². The van der Waals surface area contributed by atoms with Gasteiger partial charge in [-0.3, -0.25) is 4.90 Å². The highest BCUT2D eigenvalue weighted by molar-refractivity contribution is 7.09. The second-order valence-electron chi connectivity index (χ2n) is 5.11. The molecule has 2 heterocycles. The van der Waals surface area contributed by atoms with E-state index in [1.165, 1.54) is 49.4 Å². The minimum absolute atomic E-state index is 0.732. The average molecular weight is 268 g/mol. The van der Waals surface area contributed by atoms with E-state index in [2.05, 4.69) is 22.2 Å². The van der Waals surface area contributed by atoms with E-state index < -0.39 is 0 Å². The Morgan fingerprint density at radius 1 is 1.50 bits per heavy atom. The predicted octanol–water partition coefficient (Wildman–Crippen LogP) is 3.23. The lowest BCUT2D eigenvalue weighted by atomic mass is 9.98. The predicted molar refractivity (Wildman–Crippen MR) is 76.0 cm³/mol. The first kappa shape index (κ1) is 14.0. The van der Waals surface area contributed by atoms with Crippen LogP contribution in [0.5, 0.6) is 0 Å². The Morgan fingerprint density at radius 2 is 2.39 bits per heavy atom. The highest BCUT2D eigenvalue weighted by Crippen LogP contribution is 2.23. The first-order chi connectivity index (χ1) is 8.79. The van der Waals surface area contributed by atoms with Gasteiger partial charge in [0.1, 0.15) is 0 Å². The summed E-state index contributed by atoms with van der Waals surface area (Å²) in [5, 5.41) is 3.38. The molecule has 1 fully saturated rings. The lowest BCUT2D eigenvalue weighted by Gasteiger charge is -2.35. The van der Waals surface area contributed by atoms with Crippen molar-refractivity contribution in [2.75, 3.05) is 20.3 Å². The minimum Gasteiger partial charge on any atom is -0.385 e. The highest BCUT2D eigenvalue weighted by atomic mass is 32.1. The molecule has 0 saturated carbocycles. The molecule has 1 atom stereocenters. The molecule has 0 spiro atoms. The summed E-state index contributed by atoms with van der Waals surface area (Å²) in [6.07, 6.45) is 6.49. The Balaban J connectivity index is 1.86. The lowest BCUT2D eigenvalue weighted by Crippen LogP contribution is -2.39. The molecule has 1 aromatic heterocycles. The van der Waals surface area contributed by atoms with Gasteiger partial charge in [0.25, 0.3) is 0 Å². The number of nitrogens with zero attached hydrogens (tertiary/aromatic N) is 2. The molecule has 0 aromatic carbocycles. The summed E-state index contributed by atoms with van der Waals surface area (Å²) in [6, 6.07) is 0.732. The van der Waals surface area contributed by atoms with Crippen molar-refractivity contribution in [1.82, 2.24) is 9.88 Å². The fourth-order valence-corrected chi connectivity index (χ4v) is 3.35. The van der Waals surface area contributed by atoms with Crippen LogP contribution in [0.2, 0.25) is 0 Å². The van der Waals surface area contributed by atoms with E-state index in [1.54, 1.807) is 18.4 Å². The maximum absolute atomic E-state index is 5.16. The molecule has 2 rings (SSSR count). The first-order valence-corrected chi connectivity index (χ1v) is 7.81. The number of aromatic nitrogens is 1. The van der Waals surface area contributed by atoms with E-state index in [1.807, 2.05) is 0 Å². The molecule has 102 valence electrons. The minimum atomic E-state index is 0.732. The number of ether oxygens (including phenoxy) is 1. The number of methoxy groups -OCH3 is 1. The molecule has 3 nitrogen and oxygen atoms in total. The smallest absolute Gasteiger partial charge is 0.0897 e. The van der Waals surface area contributed by atoms with Crippen LogP contribution in [0.1, 0.15) is 42.8 Å². The summed E-state index contributed by atoms with van der Waals surface area (Å²) in [7, 11) is 1.79. The Morgan fingerprint density at radius 3 is 3.11 bits per heavy atom. The third-order valence-corrected chi connectivity index (χ3v) is 4.49. The van der Waals surface area contributed by atoms with Crippen molar-refractivity contribution in [3.05, 3.63) is 16.1 Å². The van der Waals surface area contributed by atoms with Gasteiger partial charge in [-0.1, -0.05) is 6.42 Å². The summed E-state index contributed by atoms with van der Waals surface area (Å²) in [5.41, 5.74) is 1.25.